The molecule has 1 amide bonds. The molecule has 0 saturated carbocycles. The number of hydrogen-bond donors (Lipinski definition) is 1. The van der Waals surface area contributed by atoms with Crippen LogP contribution in [0.2, 0.25) is 0 Å². The summed E-state index contributed by atoms with van der Waals surface area (Å²) in [5.74, 6) is -0.0736. The smallest absolute Gasteiger partial charge is 0.244 e. The molecule has 0 aliphatic heterocycles. The van der Waals surface area contributed by atoms with Gasteiger partial charge in [-0.1, -0.05) is 42.5 Å². The van der Waals surface area contributed by atoms with Gasteiger partial charge in [0.15, 0.2) is 0 Å². The maximum absolute atomic E-state index is 12.6. The van der Waals surface area contributed by atoms with Gasteiger partial charge in [-0.25, -0.2) is 0 Å². The predicted octanol–water partition coefficient (Wildman–Crippen LogP) is 4.76. The number of benzene rings is 2. The Hall–Kier alpha value is -3.32. The number of hydrogen-bond acceptors (Lipinski definition) is 2. The van der Waals surface area contributed by atoms with Crippen LogP contribution in [0.25, 0.3) is 17.0 Å². The minimum absolute atomic E-state index is 0.0736. The molecule has 3 aromatic rings. The molecule has 1 heterocycles. The van der Waals surface area contributed by atoms with Gasteiger partial charge in [-0.2, -0.15) is 5.26 Å². The summed E-state index contributed by atoms with van der Waals surface area (Å²) in [7, 11) is 0. The maximum atomic E-state index is 12.6. The number of rotatable bonds is 5. The van der Waals surface area contributed by atoms with E-state index < -0.39 is 0 Å². The predicted molar refractivity (Wildman–Crippen MR) is 111 cm³/mol. The van der Waals surface area contributed by atoms with Crippen LogP contribution < -0.4 is 5.32 Å². The summed E-state index contributed by atoms with van der Waals surface area (Å²) in [6, 6.07) is 18.7. The van der Waals surface area contributed by atoms with Gasteiger partial charge in [0.25, 0.3) is 0 Å². The summed E-state index contributed by atoms with van der Waals surface area (Å²) in [4.78, 5) is 12.6. The first-order valence-electron chi connectivity index (χ1n) is 9.77. The van der Waals surface area contributed by atoms with Gasteiger partial charge in [-0.3, -0.25) is 4.79 Å². The highest BCUT2D eigenvalue weighted by molar-refractivity contribution is 5.96. The normalized spacial score (nSPS) is 16.0. The van der Waals surface area contributed by atoms with E-state index in [4.69, 9.17) is 5.26 Å². The van der Waals surface area contributed by atoms with Gasteiger partial charge in [0.2, 0.25) is 5.91 Å². The van der Waals surface area contributed by atoms with Crippen LogP contribution >= 0.6 is 0 Å². The van der Waals surface area contributed by atoms with Crippen molar-refractivity contribution in [3.63, 3.8) is 0 Å². The Morgan fingerprint density at radius 1 is 1.21 bits per heavy atom. The van der Waals surface area contributed by atoms with E-state index in [1.807, 2.05) is 42.6 Å². The zero-order chi connectivity index (χ0) is 19.3. The Morgan fingerprint density at radius 3 is 2.93 bits per heavy atom. The van der Waals surface area contributed by atoms with Crippen molar-refractivity contribution < 1.29 is 4.79 Å². The van der Waals surface area contributed by atoms with Gasteiger partial charge in [0.1, 0.15) is 0 Å². The quantitative estimate of drug-likeness (QED) is 0.659. The highest BCUT2D eigenvalue weighted by Crippen LogP contribution is 2.29. The molecule has 0 spiro atoms. The van der Waals surface area contributed by atoms with Crippen molar-refractivity contribution in [1.29, 1.82) is 5.26 Å². The lowest BCUT2D eigenvalue weighted by Crippen LogP contribution is -2.29. The molecule has 0 radical (unpaired) electrons. The number of nitrogens with one attached hydrogen (secondary N) is 1. The molecular formula is C24H23N3O. The van der Waals surface area contributed by atoms with E-state index in [1.165, 1.54) is 11.1 Å². The summed E-state index contributed by atoms with van der Waals surface area (Å²) in [6.45, 7) is 0.649. The van der Waals surface area contributed by atoms with Crippen molar-refractivity contribution >= 4 is 22.9 Å². The number of nitriles is 1. The lowest BCUT2D eigenvalue weighted by molar-refractivity contribution is -0.117. The minimum Gasteiger partial charge on any atom is -0.346 e. The monoisotopic (exact) mass is 369 g/mol. The standard InChI is InChI=1S/C24H23N3O/c25-15-6-16-27-17-19(21-10-3-4-12-23(21)27)13-14-24(28)26-22-11-5-8-18-7-1-2-9-20(18)22/h1-4,7,9-10,12-14,17,22H,5-6,8,11,16H2,(H,26,28)/b14-13+. The van der Waals surface area contributed by atoms with E-state index in [-0.39, 0.29) is 11.9 Å². The van der Waals surface area contributed by atoms with Gasteiger partial charge in [0.05, 0.1) is 18.5 Å². The Balaban J connectivity index is 1.52. The third-order valence-corrected chi connectivity index (χ3v) is 5.38. The fraction of sp³-hybridized carbons (Fsp3) is 0.250. The van der Waals surface area contributed by atoms with E-state index in [0.29, 0.717) is 13.0 Å². The molecule has 28 heavy (non-hydrogen) atoms. The molecule has 2 aromatic carbocycles. The first-order valence-corrected chi connectivity index (χ1v) is 9.77. The highest BCUT2D eigenvalue weighted by Gasteiger charge is 2.20. The number of nitrogens with zero attached hydrogens (tertiary/aromatic N) is 2. The van der Waals surface area contributed by atoms with Crippen LogP contribution in [0.5, 0.6) is 0 Å². The zero-order valence-electron chi connectivity index (χ0n) is 15.8. The number of aryl methyl sites for hydroxylation is 2. The molecule has 1 aliphatic rings. The summed E-state index contributed by atoms with van der Waals surface area (Å²) in [5.41, 5.74) is 4.65. The summed E-state index contributed by atoms with van der Waals surface area (Å²) >= 11 is 0. The Morgan fingerprint density at radius 2 is 2.04 bits per heavy atom. The zero-order valence-corrected chi connectivity index (χ0v) is 15.8. The molecule has 140 valence electrons. The van der Waals surface area contributed by atoms with Gasteiger partial charge >= 0.3 is 0 Å². The first kappa shape index (κ1) is 18.1. The molecule has 0 saturated heterocycles. The van der Waals surface area contributed by atoms with Crippen molar-refractivity contribution in [3.8, 4) is 6.07 Å². The van der Waals surface area contributed by atoms with Crippen LogP contribution in [-0.4, -0.2) is 10.5 Å². The molecule has 1 N–H and O–H groups in total. The maximum Gasteiger partial charge on any atom is 0.244 e. The minimum atomic E-state index is -0.0736. The first-order chi connectivity index (χ1) is 13.8. The lowest BCUT2D eigenvalue weighted by Gasteiger charge is -2.25. The van der Waals surface area contributed by atoms with E-state index in [1.54, 1.807) is 6.08 Å². The van der Waals surface area contributed by atoms with Crippen molar-refractivity contribution in [2.75, 3.05) is 0 Å². The number of carbonyl (C=O) groups excluding carboxylic acids is 1. The summed E-state index contributed by atoms with van der Waals surface area (Å²) in [6.07, 6.45) is 9.12. The molecule has 0 fully saturated rings. The second kappa shape index (κ2) is 8.14. The number of aromatic nitrogens is 1. The fourth-order valence-corrected chi connectivity index (χ4v) is 4.05. The SMILES string of the molecule is N#CCCn1cc(/C=C/C(=O)NC2CCCc3ccccc32)c2ccccc21. The fourth-order valence-electron chi connectivity index (χ4n) is 4.05. The average Bonchev–Trinajstić information content (AvgIpc) is 3.09. The van der Waals surface area contributed by atoms with Crippen LogP contribution in [0.3, 0.4) is 0 Å². The van der Waals surface area contributed by atoms with Crippen LogP contribution in [0.1, 0.15) is 42.0 Å². The van der Waals surface area contributed by atoms with Crippen molar-refractivity contribution in [3.05, 3.63) is 77.5 Å². The number of fused-ring (bicyclic) bond motifs is 2. The molecule has 1 aliphatic carbocycles. The molecule has 0 bridgehead atoms. The number of amides is 1. The number of para-hydroxylation sites is 1. The number of carbonyl (C=O) groups is 1. The van der Waals surface area contributed by atoms with Crippen molar-refractivity contribution in [1.82, 2.24) is 9.88 Å². The lowest BCUT2D eigenvalue weighted by atomic mass is 9.88. The van der Waals surface area contributed by atoms with Gasteiger partial charge in [0, 0.05) is 35.3 Å². The summed E-state index contributed by atoms with van der Waals surface area (Å²) < 4.78 is 2.08. The van der Waals surface area contributed by atoms with Gasteiger partial charge < -0.3 is 9.88 Å². The van der Waals surface area contributed by atoms with Crippen LogP contribution in [0.15, 0.2) is 60.8 Å². The highest BCUT2D eigenvalue weighted by atomic mass is 16.1. The van der Waals surface area contributed by atoms with E-state index in [9.17, 15) is 4.79 Å². The topological polar surface area (TPSA) is 57.8 Å². The Bertz CT molecular complexity index is 1070. The average molecular weight is 369 g/mol. The van der Waals surface area contributed by atoms with E-state index in [2.05, 4.69) is 34.2 Å². The molecule has 4 heteroatoms. The van der Waals surface area contributed by atoms with Gasteiger partial charge in [-0.05, 0) is 42.5 Å². The second-order valence-corrected chi connectivity index (χ2v) is 7.19. The molecule has 1 unspecified atom stereocenters. The van der Waals surface area contributed by atoms with Crippen LogP contribution in [0, 0.1) is 11.3 Å². The summed E-state index contributed by atoms with van der Waals surface area (Å²) in [5, 5.41) is 13.1. The van der Waals surface area contributed by atoms with Crippen LogP contribution in [-0.2, 0) is 17.8 Å². The molecule has 1 aromatic heterocycles. The third-order valence-electron chi connectivity index (χ3n) is 5.38. The third kappa shape index (κ3) is 3.70. The Labute approximate surface area is 165 Å². The van der Waals surface area contributed by atoms with Crippen molar-refractivity contribution in [2.45, 2.75) is 38.3 Å². The van der Waals surface area contributed by atoms with Gasteiger partial charge in [-0.15, -0.1) is 0 Å². The van der Waals surface area contributed by atoms with Crippen molar-refractivity contribution in [2.24, 2.45) is 0 Å². The van der Waals surface area contributed by atoms with E-state index >= 15 is 0 Å². The second-order valence-electron chi connectivity index (χ2n) is 7.19. The van der Waals surface area contributed by atoms with E-state index in [0.717, 1.165) is 35.7 Å². The Kier molecular flexibility index (Phi) is 5.25. The molecule has 4 rings (SSSR count). The largest absolute Gasteiger partial charge is 0.346 e. The van der Waals surface area contributed by atoms with Crippen LogP contribution in [0.4, 0.5) is 0 Å². The molecule has 1 atom stereocenters. The molecular weight excluding hydrogens is 346 g/mol. The molecule has 4 nitrogen and oxygen atoms in total.